The van der Waals surface area contributed by atoms with Crippen molar-refractivity contribution in [3.63, 3.8) is 0 Å². The predicted octanol–water partition coefficient (Wildman–Crippen LogP) is 4.72. The lowest BCUT2D eigenvalue weighted by molar-refractivity contribution is 0.00938. The normalized spacial score (nSPS) is 16.2. The fourth-order valence-electron chi connectivity index (χ4n) is 4.74. The maximum absolute atomic E-state index is 11.3. The van der Waals surface area contributed by atoms with Crippen LogP contribution in [0.25, 0.3) is 11.1 Å². The maximum atomic E-state index is 11.3. The van der Waals surface area contributed by atoms with Crippen LogP contribution < -0.4 is 25.8 Å². The molecular formula is C32H34N4O3. The first-order chi connectivity index (χ1) is 19.1. The molecule has 1 aliphatic heterocycles. The Morgan fingerprint density at radius 3 is 2.23 bits per heavy atom. The lowest BCUT2D eigenvalue weighted by Crippen LogP contribution is -2.49. The lowest BCUT2D eigenvalue weighted by Gasteiger charge is -2.40. The molecule has 0 radical (unpaired) electrons. The van der Waals surface area contributed by atoms with Crippen molar-refractivity contribution in [2.45, 2.75) is 31.7 Å². The fourth-order valence-corrected chi connectivity index (χ4v) is 4.74. The van der Waals surface area contributed by atoms with E-state index in [1.54, 1.807) is 0 Å². The third-order valence-electron chi connectivity index (χ3n) is 6.81. The van der Waals surface area contributed by atoms with Gasteiger partial charge in [0.15, 0.2) is 12.2 Å². The number of hydrogen-bond acceptors (Lipinski definition) is 5. The average Bonchev–Trinajstić information content (AvgIpc) is 2.96. The number of aliphatic hydroxyl groups is 1. The topological polar surface area (TPSA) is 106 Å². The molecule has 0 saturated carbocycles. The first-order valence-corrected chi connectivity index (χ1v) is 13.2. The zero-order valence-electron chi connectivity index (χ0n) is 21.8. The Kier molecular flexibility index (Phi) is 8.29. The van der Waals surface area contributed by atoms with Crippen LogP contribution in [-0.2, 0) is 13.0 Å². The highest BCUT2D eigenvalue weighted by atomic mass is 16.5. The summed E-state index contributed by atoms with van der Waals surface area (Å²) in [4.78, 5) is 6.02. The van der Waals surface area contributed by atoms with E-state index in [0.717, 1.165) is 34.7 Å². The van der Waals surface area contributed by atoms with Crippen LogP contribution >= 0.6 is 0 Å². The maximum Gasteiger partial charge on any atom is 0.185 e. The summed E-state index contributed by atoms with van der Waals surface area (Å²) in [5, 5.41) is 11.3. The summed E-state index contributed by atoms with van der Waals surface area (Å²) in [6.07, 6.45) is 0.0490. The molecule has 5 rings (SSSR count). The quantitative estimate of drug-likeness (QED) is 0.206. The standard InChI is InChI=1S/C32H34N4O3/c33-32(34)35-20-18-23-12-16-27(17-13-23)38-21-19-30-31(37)36(28-8-4-5-9-29(28)39-30)22-24-10-14-26(15-11-24)25-6-2-1-3-7-25/h1-17,30-31,37H,18-22H2,(H4,33,34,35). The van der Waals surface area contributed by atoms with E-state index in [2.05, 4.69) is 41.4 Å². The molecule has 39 heavy (non-hydrogen) atoms. The summed E-state index contributed by atoms with van der Waals surface area (Å²) in [5.74, 6) is 1.63. The molecule has 2 unspecified atom stereocenters. The fraction of sp³-hybridized carbons (Fsp3) is 0.219. The lowest BCUT2D eigenvalue weighted by atomic mass is 10.0. The molecule has 0 fully saturated rings. The Hall–Kier alpha value is -4.49. The summed E-state index contributed by atoms with van der Waals surface area (Å²) in [6.45, 7) is 1.53. The number of fused-ring (bicyclic) bond motifs is 1. The van der Waals surface area contributed by atoms with Crippen LogP contribution in [0.2, 0.25) is 0 Å². The van der Waals surface area contributed by atoms with Gasteiger partial charge in [-0.15, -0.1) is 0 Å². The van der Waals surface area contributed by atoms with Crippen LogP contribution in [-0.4, -0.2) is 36.5 Å². The highest BCUT2D eigenvalue weighted by Crippen LogP contribution is 2.37. The molecule has 0 bridgehead atoms. The van der Waals surface area contributed by atoms with E-state index in [1.807, 2.05) is 71.6 Å². The zero-order chi connectivity index (χ0) is 27.0. The van der Waals surface area contributed by atoms with E-state index in [0.29, 0.717) is 26.1 Å². The third kappa shape index (κ3) is 6.69. The molecule has 5 N–H and O–H groups in total. The van der Waals surface area contributed by atoms with Gasteiger partial charge in [-0.3, -0.25) is 4.99 Å². The van der Waals surface area contributed by atoms with Gasteiger partial charge < -0.3 is 30.9 Å². The first kappa shape index (κ1) is 26.1. The summed E-state index contributed by atoms with van der Waals surface area (Å²) in [7, 11) is 0. The predicted molar refractivity (Wildman–Crippen MR) is 156 cm³/mol. The Morgan fingerprint density at radius 2 is 1.49 bits per heavy atom. The highest BCUT2D eigenvalue weighted by molar-refractivity contribution is 5.75. The van der Waals surface area contributed by atoms with Crippen molar-refractivity contribution in [2.75, 3.05) is 18.1 Å². The first-order valence-electron chi connectivity index (χ1n) is 13.2. The summed E-state index contributed by atoms with van der Waals surface area (Å²) in [6, 6.07) is 34.5. The number of ether oxygens (including phenoxy) is 2. The molecule has 1 heterocycles. The molecule has 200 valence electrons. The Bertz CT molecular complexity index is 1370. The van der Waals surface area contributed by atoms with E-state index in [4.69, 9.17) is 20.9 Å². The second-order valence-electron chi connectivity index (χ2n) is 9.57. The number of nitrogens with zero attached hydrogens (tertiary/aromatic N) is 2. The number of benzene rings is 4. The Morgan fingerprint density at radius 1 is 0.821 bits per heavy atom. The van der Waals surface area contributed by atoms with Gasteiger partial charge in [0.2, 0.25) is 0 Å². The van der Waals surface area contributed by atoms with Gasteiger partial charge in [0.25, 0.3) is 0 Å². The molecule has 7 nitrogen and oxygen atoms in total. The summed E-state index contributed by atoms with van der Waals surface area (Å²) in [5.41, 5.74) is 16.2. The summed E-state index contributed by atoms with van der Waals surface area (Å²) < 4.78 is 12.2. The van der Waals surface area contributed by atoms with Crippen LogP contribution in [0.15, 0.2) is 108 Å². The molecule has 4 aromatic carbocycles. The van der Waals surface area contributed by atoms with Gasteiger partial charge in [-0.1, -0.05) is 78.9 Å². The SMILES string of the molecule is NC(N)=NCCc1ccc(OCCC2Oc3ccccc3N(Cc3ccc(-c4ccccc4)cc3)C2O)cc1. The molecule has 4 aromatic rings. The van der Waals surface area contributed by atoms with E-state index >= 15 is 0 Å². The van der Waals surface area contributed by atoms with Crippen molar-refractivity contribution in [2.24, 2.45) is 16.5 Å². The number of anilines is 1. The number of guanidine groups is 1. The minimum atomic E-state index is -0.810. The molecule has 0 amide bonds. The Balaban J connectivity index is 1.21. The van der Waals surface area contributed by atoms with Crippen LogP contribution in [0.3, 0.4) is 0 Å². The van der Waals surface area contributed by atoms with Crippen LogP contribution in [0, 0.1) is 0 Å². The second-order valence-corrected chi connectivity index (χ2v) is 9.57. The summed E-state index contributed by atoms with van der Waals surface area (Å²) >= 11 is 0. The van der Waals surface area contributed by atoms with Gasteiger partial charge in [0.05, 0.1) is 12.3 Å². The van der Waals surface area contributed by atoms with Crippen LogP contribution in [0.5, 0.6) is 11.5 Å². The minimum Gasteiger partial charge on any atom is -0.493 e. The Labute approximate surface area is 229 Å². The number of hydrogen-bond donors (Lipinski definition) is 3. The van der Waals surface area contributed by atoms with Gasteiger partial charge in [0, 0.05) is 19.5 Å². The molecule has 0 aromatic heterocycles. The second kappa shape index (κ2) is 12.4. The van der Waals surface area contributed by atoms with E-state index in [-0.39, 0.29) is 5.96 Å². The highest BCUT2D eigenvalue weighted by Gasteiger charge is 2.34. The van der Waals surface area contributed by atoms with Gasteiger partial charge in [0.1, 0.15) is 17.6 Å². The van der Waals surface area contributed by atoms with Gasteiger partial charge >= 0.3 is 0 Å². The number of nitrogens with two attached hydrogens (primary N) is 2. The molecular weight excluding hydrogens is 488 g/mol. The molecule has 0 saturated heterocycles. The van der Waals surface area contributed by atoms with Crippen molar-refractivity contribution in [1.82, 2.24) is 0 Å². The monoisotopic (exact) mass is 522 g/mol. The average molecular weight is 523 g/mol. The molecule has 0 spiro atoms. The largest absolute Gasteiger partial charge is 0.493 e. The van der Waals surface area contributed by atoms with Crippen LogP contribution in [0.1, 0.15) is 17.5 Å². The van der Waals surface area contributed by atoms with Gasteiger partial charge in [-0.05, 0) is 52.9 Å². The molecule has 7 heteroatoms. The van der Waals surface area contributed by atoms with E-state index in [1.165, 1.54) is 11.1 Å². The van der Waals surface area contributed by atoms with Crippen molar-refractivity contribution < 1.29 is 14.6 Å². The smallest absolute Gasteiger partial charge is 0.185 e. The van der Waals surface area contributed by atoms with Crippen molar-refractivity contribution in [3.05, 3.63) is 114 Å². The number of rotatable bonds is 10. The van der Waals surface area contributed by atoms with Gasteiger partial charge in [-0.25, -0.2) is 0 Å². The zero-order valence-corrected chi connectivity index (χ0v) is 21.8. The minimum absolute atomic E-state index is 0.101. The molecule has 1 aliphatic rings. The molecule has 2 atom stereocenters. The third-order valence-corrected chi connectivity index (χ3v) is 6.81. The van der Waals surface area contributed by atoms with Crippen molar-refractivity contribution in [3.8, 4) is 22.6 Å². The molecule has 0 aliphatic carbocycles. The number of aliphatic hydroxyl groups excluding tert-OH is 1. The number of aliphatic imine (C=N–C) groups is 1. The van der Waals surface area contributed by atoms with E-state index < -0.39 is 12.3 Å². The van der Waals surface area contributed by atoms with Crippen molar-refractivity contribution in [1.29, 1.82) is 0 Å². The number of para-hydroxylation sites is 2. The van der Waals surface area contributed by atoms with E-state index in [9.17, 15) is 5.11 Å². The van der Waals surface area contributed by atoms with Crippen molar-refractivity contribution >= 4 is 11.6 Å². The van der Waals surface area contributed by atoms with Crippen LogP contribution in [0.4, 0.5) is 5.69 Å². The van der Waals surface area contributed by atoms with Gasteiger partial charge in [-0.2, -0.15) is 0 Å².